The van der Waals surface area contributed by atoms with Crippen LogP contribution >= 0.6 is 34.8 Å². The fourth-order valence-electron chi connectivity index (χ4n) is 2.21. The highest BCUT2D eigenvalue weighted by molar-refractivity contribution is 6.36. The molecule has 0 aliphatic carbocycles. The number of carbonyl (C=O) groups excluding carboxylic acids is 2. The number of benzene rings is 2. The lowest BCUT2D eigenvalue weighted by Gasteiger charge is -2.10. The first kappa shape index (κ1) is 21.1. The van der Waals surface area contributed by atoms with Gasteiger partial charge in [0.05, 0.1) is 22.8 Å². The van der Waals surface area contributed by atoms with Crippen LogP contribution in [0.1, 0.15) is 18.9 Å². The van der Waals surface area contributed by atoms with Crippen molar-refractivity contribution in [1.82, 2.24) is 0 Å². The van der Waals surface area contributed by atoms with Crippen LogP contribution in [-0.2, 0) is 9.59 Å². The van der Waals surface area contributed by atoms with Crippen LogP contribution in [0.15, 0.2) is 36.4 Å². The van der Waals surface area contributed by atoms with Crippen LogP contribution in [-0.4, -0.2) is 18.9 Å². The van der Waals surface area contributed by atoms with Crippen molar-refractivity contribution in [1.29, 1.82) is 0 Å². The summed E-state index contributed by atoms with van der Waals surface area (Å²) in [5, 5.41) is 6.47. The van der Waals surface area contributed by atoms with Gasteiger partial charge >= 0.3 is 0 Å². The first-order valence-corrected chi connectivity index (χ1v) is 9.09. The van der Waals surface area contributed by atoms with Gasteiger partial charge in [0, 0.05) is 28.8 Å². The van der Waals surface area contributed by atoms with Crippen LogP contribution in [0, 0.1) is 0 Å². The molecule has 2 amide bonds. The molecule has 0 aliphatic rings. The van der Waals surface area contributed by atoms with E-state index in [-0.39, 0.29) is 5.91 Å². The van der Waals surface area contributed by atoms with E-state index in [2.05, 4.69) is 10.6 Å². The molecule has 0 heterocycles. The lowest BCUT2D eigenvalue weighted by atomic mass is 10.2. The van der Waals surface area contributed by atoms with Gasteiger partial charge in [-0.2, -0.15) is 0 Å². The highest BCUT2D eigenvalue weighted by Crippen LogP contribution is 2.33. The second-order valence-electron chi connectivity index (χ2n) is 5.43. The van der Waals surface area contributed by atoms with Crippen molar-refractivity contribution < 1.29 is 14.3 Å². The van der Waals surface area contributed by atoms with Gasteiger partial charge in [-0.15, -0.1) is 0 Å². The standard InChI is InChI=1S/C19H17Cl3N2O3/c1-3-17(25)23-13-5-6-14(21)16(10-13)24-18(26)7-4-11-8-12(20)9-15(22)19(11)27-2/h4-10H,3H2,1-2H3,(H,23,25)(H,24,26). The number of halogens is 3. The second-order valence-corrected chi connectivity index (χ2v) is 6.68. The van der Waals surface area contributed by atoms with Crippen LogP contribution in [0.4, 0.5) is 11.4 Å². The monoisotopic (exact) mass is 426 g/mol. The molecule has 0 aromatic heterocycles. The maximum absolute atomic E-state index is 12.2. The molecule has 0 fully saturated rings. The average molecular weight is 428 g/mol. The summed E-state index contributed by atoms with van der Waals surface area (Å²) >= 11 is 18.2. The molecule has 0 atom stereocenters. The Hall–Kier alpha value is -2.21. The second kappa shape index (κ2) is 9.65. The van der Waals surface area contributed by atoms with Crippen LogP contribution in [0.25, 0.3) is 6.08 Å². The van der Waals surface area contributed by atoms with E-state index >= 15 is 0 Å². The maximum Gasteiger partial charge on any atom is 0.248 e. The molecule has 0 radical (unpaired) electrons. The number of nitrogens with one attached hydrogen (secondary N) is 2. The topological polar surface area (TPSA) is 67.4 Å². The predicted octanol–water partition coefficient (Wildman–Crippen LogP) is 5.66. The molecule has 0 bridgehead atoms. The molecule has 2 N–H and O–H groups in total. The zero-order chi connectivity index (χ0) is 20.0. The molecule has 27 heavy (non-hydrogen) atoms. The number of hydrogen-bond acceptors (Lipinski definition) is 3. The Balaban J connectivity index is 2.17. The third-order valence-corrected chi connectivity index (χ3v) is 4.31. The number of ether oxygens (including phenoxy) is 1. The van der Waals surface area contributed by atoms with Crippen LogP contribution in [0.5, 0.6) is 5.75 Å². The first-order chi connectivity index (χ1) is 12.8. The molecule has 8 heteroatoms. The molecular weight excluding hydrogens is 411 g/mol. The number of hydrogen-bond donors (Lipinski definition) is 2. The summed E-state index contributed by atoms with van der Waals surface area (Å²) < 4.78 is 5.23. The zero-order valence-electron chi connectivity index (χ0n) is 14.6. The lowest BCUT2D eigenvalue weighted by Crippen LogP contribution is -2.11. The van der Waals surface area contributed by atoms with Crippen molar-refractivity contribution >= 4 is 64.1 Å². The van der Waals surface area contributed by atoms with Crippen LogP contribution in [0.3, 0.4) is 0 Å². The van der Waals surface area contributed by atoms with Gasteiger partial charge in [0.1, 0.15) is 5.75 Å². The highest BCUT2D eigenvalue weighted by atomic mass is 35.5. The molecule has 0 aliphatic heterocycles. The van der Waals surface area contributed by atoms with Gasteiger partial charge in [-0.05, 0) is 36.4 Å². The van der Waals surface area contributed by atoms with E-state index < -0.39 is 5.91 Å². The van der Waals surface area contributed by atoms with Crippen molar-refractivity contribution in [3.05, 3.63) is 57.0 Å². The summed E-state index contributed by atoms with van der Waals surface area (Å²) in [5.74, 6) is -0.152. The molecule has 0 saturated heterocycles. The fourth-order valence-corrected chi connectivity index (χ4v) is 2.96. The predicted molar refractivity (Wildman–Crippen MR) is 111 cm³/mol. The summed E-state index contributed by atoms with van der Waals surface area (Å²) in [6.07, 6.45) is 3.18. The number of amides is 2. The van der Waals surface area contributed by atoms with E-state index in [0.29, 0.717) is 44.2 Å². The van der Waals surface area contributed by atoms with E-state index in [1.165, 1.54) is 19.3 Å². The van der Waals surface area contributed by atoms with Gasteiger partial charge in [0.25, 0.3) is 0 Å². The maximum atomic E-state index is 12.2. The van der Waals surface area contributed by atoms with Crippen molar-refractivity contribution in [2.45, 2.75) is 13.3 Å². The van der Waals surface area contributed by atoms with Gasteiger partial charge in [-0.3, -0.25) is 9.59 Å². The smallest absolute Gasteiger partial charge is 0.248 e. The summed E-state index contributed by atoms with van der Waals surface area (Å²) in [6.45, 7) is 1.75. The molecule has 2 aromatic rings. The molecule has 2 rings (SSSR count). The van der Waals surface area contributed by atoms with Crippen molar-refractivity contribution in [2.24, 2.45) is 0 Å². The fraction of sp³-hybridized carbons (Fsp3) is 0.158. The van der Waals surface area contributed by atoms with Crippen molar-refractivity contribution in [3.63, 3.8) is 0 Å². The highest BCUT2D eigenvalue weighted by Gasteiger charge is 2.09. The van der Waals surface area contributed by atoms with Gasteiger partial charge in [-0.1, -0.05) is 41.7 Å². The summed E-state index contributed by atoms with van der Waals surface area (Å²) in [6, 6.07) is 8.00. The summed E-state index contributed by atoms with van der Waals surface area (Å²) in [4.78, 5) is 23.7. The zero-order valence-corrected chi connectivity index (χ0v) is 16.9. The minimum Gasteiger partial charge on any atom is -0.495 e. The molecule has 2 aromatic carbocycles. The van der Waals surface area contributed by atoms with E-state index in [1.54, 1.807) is 37.3 Å². The van der Waals surface area contributed by atoms with Gasteiger partial charge in [0.2, 0.25) is 11.8 Å². The Morgan fingerprint density at radius 2 is 1.81 bits per heavy atom. The first-order valence-electron chi connectivity index (χ1n) is 7.95. The molecular formula is C19H17Cl3N2O3. The van der Waals surface area contributed by atoms with Gasteiger partial charge < -0.3 is 15.4 Å². The van der Waals surface area contributed by atoms with Crippen molar-refractivity contribution in [3.8, 4) is 5.75 Å². The third-order valence-electron chi connectivity index (χ3n) is 3.48. The Bertz CT molecular complexity index is 898. The summed E-state index contributed by atoms with van der Waals surface area (Å²) in [5.41, 5.74) is 1.46. The number of methoxy groups -OCH3 is 1. The number of carbonyl (C=O) groups is 2. The van der Waals surface area contributed by atoms with E-state index in [9.17, 15) is 9.59 Å². The molecule has 0 saturated carbocycles. The Labute approximate surface area is 172 Å². The molecule has 5 nitrogen and oxygen atoms in total. The number of rotatable bonds is 6. The number of anilines is 2. The molecule has 142 valence electrons. The molecule has 0 unspecified atom stereocenters. The quantitative estimate of drug-likeness (QED) is 0.585. The van der Waals surface area contributed by atoms with Gasteiger partial charge in [0.15, 0.2) is 0 Å². The summed E-state index contributed by atoms with van der Waals surface area (Å²) in [7, 11) is 1.47. The molecule has 0 spiro atoms. The normalized spacial score (nSPS) is 10.7. The Kier molecular flexibility index (Phi) is 7.54. The van der Waals surface area contributed by atoms with Crippen LogP contribution in [0.2, 0.25) is 15.1 Å². The van der Waals surface area contributed by atoms with E-state index in [0.717, 1.165) is 0 Å². The van der Waals surface area contributed by atoms with Crippen molar-refractivity contribution in [2.75, 3.05) is 17.7 Å². The Morgan fingerprint density at radius 3 is 2.48 bits per heavy atom. The third kappa shape index (κ3) is 5.89. The minimum absolute atomic E-state index is 0.139. The largest absolute Gasteiger partial charge is 0.495 e. The Morgan fingerprint density at radius 1 is 1.07 bits per heavy atom. The SMILES string of the molecule is CCC(=O)Nc1ccc(Cl)c(NC(=O)C=Cc2cc(Cl)cc(Cl)c2OC)c1. The lowest BCUT2D eigenvalue weighted by molar-refractivity contribution is -0.116. The van der Waals surface area contributed by atoms with Crippen LogP contribution < -0.4 is 15.4 Å². The van der Waals surface area contributed by atoms with Gasteiger partial charge in [-0.25, -0.2) is 0 Å². The van der Waals surface area contributed by atoms with E-state index in [1.807, 2.05) is 0 Å². The minimum atomic E-state index is -0.422. The average Bonchev–Trinajstić information content (AvgIpc) is 2.62. The van der Waals surface area contributed by atoms with E-state index in [4.69, 9.17) is 39.5 Å².